The first kappa shape index (κ1) is 18.9. The number of hydrogen-bond donors (Lipinski definition) is 0. The maximum atomic E-state index is 12.0. The van der Waals surface area contributed by atoms with Gasteiger partial charge in [-0.05, 0) is 43.6 Å². The van der Waals surface area contributed by atoms with Crippen LogP contribution < -0.4 is 0 Å². The second kappa shape index (κ2) is 11.4. The molecule has 0 radical (unpaired) electrons. The number of allylic oxidation sites excluding steroid dienone is 2. The Hall–Kier alpha value is -1.12. The van der Waals surface area contributed by atoms with Gasteiger partial charge in [0.2, 0.25) is 0 Å². The summed E-state index contributed by atoms with van der Waals surface area (Å²) in [7, 11) is 1.43. The maximum Gasteiger partial charge on any atom is 0.305 e. The number of methoxy groups -OCH3 is 1. The van der Waals surface area contributed by atoms with E-state index in [1.165, 1.54) is 39.2 Å². The Labute approximate surface area is 135 Å². The van der Waals surface area contributed by atoms with E-state index in [1.807, 2.05) is 0 Å². The number of Topliss-reactive ketones (excluding diaryl/α,β-unsaturated/α-hetero) is 1. The Balaban J connectivity index is 2.24. The first-order chi connectivity index (χ1) is 10.7. The Bertz CT molecular complexity index is 371. The molecule has 0 aliphatic heterocycles. The van der Waals surface area contributed by atoms with E-state index in [0.29, 0.717) is 18.1 Å². The zero-order valence-corrected chi connectivity index (χ0v) is 14.4. The van der Waals surface area contributed by atoms with Crippen LogP contribution in [0.4, 0.5) is 0 Å². The van der Waals surface area contributed by atoms with E-state index >= 15 is 0 Å². The summed E-state index contributed by atoms with van der Waals surface area (Å²) >= 11 is 0. The third kappa shape index (κ3) is 7.24. The quantitative estimate of drug-likeness (QED) is 0.307. The fourth-order valence-corrected chi connectivity index (χ4v) is 3.18. The van der Waals surface area contributed by atoms with E-state index < -0.39 is 0 Å². The van der Waals surface area contributed by atoms with Crippen molar-refractivity contribution in [2.45, 2.75) is 84.0 Å². The molecule has 0 aromatic carbocycles. The lowest BCUT2D eigenvalue weighted by Gasteiger charge is -2.10. The highest BCUT2D eigenvalue weighted by Gasteiger charge is 2.27. The monoisotopic (exact) mass is 308 g/mol. The van der Waals surface area contributed by atoms with E-state index in [0.717, 1.165) is 44.1 Å². The van der Waals surface area contributed by atoms with Gasteiger partial charge >= 0.3 is 5.97 Å². The molecule has 1 atom stereocenters. The van der Waals surface area contributed by atoms with Gasteiger partial charge in [0.05, 0.1) is 7.11 Å². The predicted molar refractivity (Wildman–Crippen MR) is 89.7 cm³/mol. The fraction of sp³-hybridized carbons (Fsp3) is 0.789. The molecule has 0 spiro atoms. The zero-order chi connectivity index (χ0) is 16.2. The van der Waals surface area contributed by atoms with E-state index in [9.17, 15) is 9.59 Å². The van der Waals surface area contributed by atoms with Gasteiger partial charge in [-0.15, -0.1) is 0 Å². The topological polar surface area (TPSA) is 43.4 Å². The molecule has 0 aromatic heterocycles. The second-order valence-corrected chi connectivity index (χ2v) is 6.34. The van der Waals surface area contributed by atoms with Gasteiger partial charge in [-0.2, -0.15) is 0 Å². The van der Waals surface area contributed by atoms with Crippen LogP contribution in [0.3, 0.4) is 0 Å². The van der Waals surface area contributed by atoms with Crippen LogP contribution in [0.1, 0.15) is 84.0 Å². The summed E-state index contributed by atoms with van der Waals surface area (Å²) in [6, 6.07) is 0. The Morgan fingerprint density at radius 3 is 2.68 bits per heavy atom. The molecule has 1 saturated carbocycles. The van der Waals surface area contributed by atoms with Crippen molar-refractivity contribution >= 4 is 11.8 Å². The van der Waals surface area contributed by atoms with E-state index in [1.54, 1.807) is 0 Å². The maximum absolute atomic E-state index is 12.0. The third-order valence-corrected chi connectivity index (χ3v) is 4.56. The molecule has 0 heterocycles. The SMILES string of the molecule is CCCCCCC1CCC(=O)/C1=C\CCCCCC(=O)OC. The molecule has 3 nitrogen and oxygen atoms in total. The van der Waals surface area contributed by atoms with Crippen LogP contribution in [0.5, 0.6) is 0 Å². The molecule has 0 bridgehead atoms. The van der Waals surface area contributed by atoms with Crippen molar-refractivity contribution < 1.29 is 14.3 Å². The number of esters is 1. The summed E-state index contributed by atoms with van der Waals surface area (Å²) in [5.74, 6) is 0.756. The molecule has 0 N–H and O–H groups in total. The predicted octanol–water partition coefficient (Wildman–Crippen LogP) is 4.99. The molecule has 1 unspecified atom stereocenters. The largest absolute Gasteiger partial charge is 0.469 e. The normalized spacial score (nSPS) is 19.8. The average Bonchev–Trinajstić information content (AvgIpc) is 2.87. The lowest BCUT2D eigenvalue weighted by molar-refractivity contribution is -0.140. The van der Waals surface area contributed by atoms with Crippen molar-refractivity contribution in [3.63, 3.8) is 0 Å². The number of ketones is 1. The molecular weight excluding hydrogens is 276 g/mol. The van der Waals surface area contributed by atoms with Gasteiger partial charge in [-0.1, -0.05) is 45.1 Å². The van der Waals surface area contributed by atoms with Crippen LogP contribution in [-0.2, 0) is 14.3 Å². The number of carbonyl (C=O) groups is 2. The fourth-order valence-electron chi connectivity index (χ4n) is 3.18. The molecule has 0 saturated heterocycles. The molecular formula is C19H32O3. The molecule has 0 amide bonds. The Morgan fingerprint density at radius 1 is 1.18 bits per heavy atom. The third-order valence-electron chi connectivity index (χ3n) is 4.56. The summed E-state index contributed by atoms with van der Waals surface area (Å²) in [5, 5.41) is 0. The highest BCUT2D eigenvalue weighted by molar-refractivity contribution is 5.97. The minimum atomic E-state index is -0.128. The average molecular weight is 308 g/mol. The zero-order valence-electron chi connectivity index (χ0n) is 14.4. The van der Waals surface area contributed by atoms with Crippen molar-refractivity contribution in [3.05, 3.63) is 11.6 Å². The minimum Gasteiger partial charge on any atom is -0.469 e. The summed E-state index contributed by atoms with van der Waals surface area (Å²) in [5.41, 5.74) is 1.10. The minimum absolute atomic E-state index is 0.128. The van der Waals surface area contributed by atoms with Gasteiger partial charge in [-0.25, -0.2) is 0 Å². The van der Waals surface area contributed by atoms with Crippen molar-refractivity contribution in [2.75, 3.05) is 7.11 Å². The summed E-state index contributed by atoms with van der Waals surface area (Å²) < 4.78 is 4.63. The standard InChI is InChI=1S/C19H32O3/c1-3-4-5-8-11-16-14-15-18(20)17(16)12-9-6-7-10-13-19(21)22-2/h12,16H,3-11,13-15H2,1-2H3/b17-12-. The molecule has 1 rings (SSSR count). The van der Waals surface area contributed by atoms with Crippen molar-refractivity contribution in [1.29, 1.82) is 0 Å². The van der Waals surface area contributed by atoms with E-state index in [2.05, 4.69) is 17.7 Å². The van der Waals surface area contributed by atoms with Gasteiger partial charge in [-0.3, -0.25) is 9.59 Å². The smallest absolute Gasteiger partial charge is 0.305 e. The van der Waals surface area contributed by atoms with Crippen LogP contribution >= 0.6 is 0 Å². The lowest BCUT2D eigenvalue weighted by Crippen LogP contribution is -2.02. The van der Waals surface area contributed by atoms with Crippen molar-refractivity contribution in [2.24, 2.45) is 5.92 Å². The summed E-state index contributed by atoms with van der Waals surface area (Å²) in [4.78, 5) is 23.0. The molecule has 1 fully saturated rings. The van der Waals surface area contributed by atoms with Gasteiger partial charge < -0.3 is 4.74 Å². The van der Waals surface area contributed by atoms with E-state index in [4.69, 9.17) is 0 Å². The molecule has 1 aliphatic carbocycles. The van der Waals surface area contributed by atoms with Crippen LogP contribution in [0.25, 0.3) is 0 Å². The lowest BCUT2D eigenvalue weighted by atomic mass is 9.94. The van der Waals surface area contributed by atoms with Crippen LogP contribution in [0, 0.1) is 5.92 Å². The first-order valence-corrected chi connectivity index (χ1v) is 8.99. The van der Waals surface area contributed by atoms with E-state index in [-0.39, 0.29) is 5.97 Å². The number of ether oxygens (including phenoxy) is 1. The Kier molecular flexibility index (Phi) is 9.85. The first-order valence-electron chi connectivity index (χ1n) is 8.99. The number of unbranched alkanes of at least 4 members (excludes halogenated alkanes) is 6. The number of rotatable bonds is 11. The molecule has 22 heavy (non-hydrogen) atoms. The van der Waals surface area contributed by atoms with Gasteiger partial charge in [0.25, 0.3) is 0 Å². The number of carbonyl (C=O) groups excluding carboxylic acids is 2. The molecule has 1 aliphatic rings. The van der Waals surface area contributed by atoms with Gasteiger partial charge in [0.15, 0.2) is 5.78 Å². The molecule has 0 aromatic rings. The van der Waals surface area contributed by atoms with Crippen LogP contribution in [-0.4, -0.2) is 18.9 Å². The highest BCUT2D eigenvalue weighted by atomic mass is 16.5. The van der Waals surface area contributed by atoms with Gasteiger partial charge in [0.1, 0.15) is 0 Å². The summed E-state index contributed by atoms with van der Waals surface area (Å²) in [6.07, 6.45) is 14.7. The van der Waals surface area contributed by atoms with Crippen LogP contribution in [0.15, 0.2) is 11.6 Å². The summed E-state index contributed by atoms with van der Waals surface area (Å²) in [6.45, 7) is 2.23. The second-order valence-electron chi connectivity index (χ2n) is 6.34. The van der Waals surface area contributed by atoms with Crippen LogP contribution in [0.2, 0.25) is 0 Å². The van der Waals surface area contributed by atoms with Gasteiger partial charge in [0, 0.05) is 12.8 Å². The van der Waals surface area contributed by atoms with Crippen molar-refractivity contribution in [1.82, 2.24) is 0 Å². The number of hydrogen-bond acceptors (Lipinski definition) is 3. The van der Waals surface area contributed by atoms with Crippen molar-refractivity contribution in [3.8, 4) is 0 Å². The molecule has 126 valence electrons. The molecule has 3 heteroatoms. The Morgan fingerprint density at radius 2 is 1.95 bits per heavy atom. The highest BCUT2D eigenvalue weighted by Crippen LogP contribution is 2.33.